The highest BCUT2D eigenvalue weighted by atomic mass is 16.3. The molecule has 0 aromatic heterocycles. The molecule has 13 atom stereocenters. The molecule has 0 aliphatic carbocycles. The van der Waals surface area contributed by atoms with Crippen LogP contribution in [-0.2, 0) is 80.0 Å². The molecule has 14 amide bonds. The molecular weight excluding hydrogens is 1470 g/mol. The second-order valence-corrected chi connectivity index (χ2v) is 34.2. The van der Waals surface area contributed by atoms with Gasteiger partial charge in [0.15, 0.2) is 0 Å². The molecule has 2 heterocycles. The van der Waals surface area contributed by atoms with Gasteiger partial charge in [-0.1, -0.05) is 164 Å². The maximum Gasteiger partial charge on any atom is 0.248 e. The molecule has 0 unspecified atom stereocenters. The average molecular weight is 1610 g/mol. The molecule has 0 saturated carbocycles. The molecular formula is C86H140N14O15. The van der Waals surface area contributed by atoms with Gasteiger partial charge in [0.25, 0.3) is 0 Å². The number of piperidine rings is 1. The number of rotatable bonds is 21. The van der Waals surface area contributed by atoms with Crippen LogP contribution in [0, 0.1) is 35.5 Å². The third-order valence-electron chi connectivity index (χ3n) is 22.0. The Kier molecular flexibility index (Phi) is 40.4. The number of likely N-dealkylation sites (tertiary alicyclic amines) is 1. The first kappa shape index (κ1) is 98.3. The monoisotopic (exact) mass is 1610 g/mol. The van der Waals surface area contributed by atoms with Gasteiger partial charge >= 0.3 is 0 Å². The van der Waals surface area contributed by atoms with Crippen molar-refractivity contribution in [3.63, 3.8) is 0 Å². The molecule has 4 rings (SSSR count). The molecule has 2 aliphatic heterocycles. The highest BCUT2D eigenvalue weighted by Gasteiger charge is 2.45. The van der Waals surface area contributed by atoms with Gasteiger partial charge in [-0.3, -0.25) is 67.1 Å². The summed E-state index contributed by atoms with van der Waals surface area (Å²) < 4.78 is 0. The van der Waals surface area contributed by atoms with E-state index in [1.807, 2.05) is 83.1 Å². The lowest BCUT2D eigenvalue weighted by molar-refractivity contribution is -0.151. The first-order valence-corrected chi connectivity index (χ1v) is 41.6. The molecule has 0 radical (unpaired) electrons. The van der Waals surface area contributed by atoms with Crippen molar-refractivity contribution in [3.8, 4) is 0 Å². The average Bonchev–Trinajstić information content (AvgIpc) is 0.818. The van der Waals surface area contributed by atoms with E-state index in [4.69, 9.17) is 0 Å². The van der Waals surface area contributed by atoms with Crippen LogP contribution >= 0.6 is 0 Å². The number of amides is 14. The zero-order chi connectivity index (χ0) is 86.6. The highest BCUT2D eigenvalue weighted by Crippen LogP contribution is 2.26. The number of carbonyl (C=O) groups is 14. The molecule has 0 spiro atoms. The summed E-state index contributed by atoms with van der Waals surface area (Å²) in [7, 11) is 9.91. The number of benzene rings is 2. The molecule has 2 aliphatic rings. The van der Waals surface area contributed by atoms with Crippen LogP contribution in [0.3, 0.4) is 0 Å². The first-order valence-electron chi connectivity index (χ1n) is 41.6. The smallest absolute Gasteiger partial charge is 0.248 e. The fourth-order valence-corrected chi connectivity index (χ4v) is 14.7. The maximum atomic E-state index is 15.7. The van der Waals surface area contributed by atoms with E-state index < -0.39 is 174 Å². The largest absolute Gasteiger partial charge is 0.391 e. The van der Waals surface area contributed by atoms with E-state index in [1.165, 1.54) is 97.5 Å². The number of carbonyl (C=O) groups excluding carboxylic acids is 14. The highest BCUT2D eigenvalue weighted by molar-refractivity contribution is 6.00. The van der Waals surface area contributed by atoms with E-state index in [1.54, 1.807) is 72.5 Å². The summed E-state index contributed by atoms with van der Waals surface area (Å²) in [5, 5.41) is 25.6. The van der Waals surface area contributed by atoms with Crippen LogP contribution in [0.25, 0.3) is 0 Å². The van der Waals surface area contributed by atoms with Crippen LogP contribution in [0.4, 0.5) is 0 Å². The molecule has 2 fully saturated rings. The molecule has 115 heavy (non-hydrogen) atoms. The maximum absolute atomic E-state index is 15.7. The minimum Gasteiger partial charge on any atom is -0.391 e. The summed E-state index contributed by atoms with van der Waals surface area (Å²) in [4.78, 5) is 222. The second kappa shape index (κ2) is 47.3. The van der Waals surface area contributed by atoms with Gasteiger partial charge in [0.2, 0.25) is 82.7 Å². The normalized spacial score (nSPS) is 25.1. The van der Waals surface area contributed by atoms with Gasteiger partial charge in [-0.25, -0.2) is 0 Å². The number of unbranched alkanes of at least 4 members (excludes halogenated alkanes) is 1. The van der Waals surface area contributed by atoms with Crippen molar-refractivity contribution in [1.82, 2.24) is 70.7 Å². The molecule has 2 saturated heterocycles. The van der Waals surface area contributed by atoms with Crippen molar-refractivity contribution < 1.29 is 72.2 Å². The number of likely N-dealkylation sites (N-methyl/N-ethyl adjacent to an activating group) is 6. The summed E-state index contributed by atoms with van der Waals surface area (Å²) in [6, 6.07) is 3.33. The van der Waals surface area contributed by atoms with Crippen LogP contribution in [0.2, 0.25) is 0 Å². The minimum absolute atomic E-state index is 0.00509. The number of aliphatic hydroxyl groups excluding tert-OH is 1. The van der Waals surface area contributed by atoms with Gasteiger partial charge in [-0.15, -0.1) is 0 Å². The standard InChI is InChI=1S/C86H140N14O15/c1-23-25-42-100-70(84(113)99-40-33-28-34-41-99)51-72(103)92(16)43-39-71(102)88-63(44-53(3)4)81(110)95(19)66(46-55(7)8)79(108)91-75(60(15)101)85(114)93(17)52-73(104)94(18)69(48-57(11)12)83(112)97(21)67(47-56(9)10)78(107)90-74(58(13)24-2)86(115)98(22)65(45-54(5)6)77(106)89-64(49-61-35-29-26-30-36-61)82(111)96(20)68(50-62-37-31-27-32-38-62)76(105)87-59(14)80(100)109/h26-27,29-32,35-38,53-60,63-70,74-75,101H,23-25,28,33-34,39-52H2,1-22H3,(H,87,105)(H,88,102)(H,89,106)(H,90,107)(H,91,108)/t58-,59-,60+,63-,64-,65-,66-,67-,68-,69-,70-,74-,75-/m0/s1. The summed E-state index contributed by atoms with van der Waals surface area (Å²) in [6.07, 6.45) is 1.53. The Morgan fingerprint density at radius 1 is 0.443 bits per heavy atom. The van der Waals surface area contributed by atoms with Gasteiger partial charge in [0.1, 0.15) is 66.5 Å². The van der Waals surface area contributed by atoms with Crippen LogP contribution in [0.15, 0.2) is 60.7 Å². The van der Waals surface area contributed by atoms with E-state index in [-0.39, 0.29) is 94.0 Å². The van der Waals surface area contributed by atoms with Crippen molar-refractivity contribution >= 4 is 82.7 Å². The lowest BCUT2D eigenvalue weighted by Gasteiger charge is -2.38. The number of hydrogen-bond donors (Lipinski definition) is 6. The lowest BCUT2D eigenvalue weighted by atomic mass is 9.94. The van der Waals surface area contributed by atoms with Gasteiger partial charge in [-0.05, 0) is 118 Å². The molecule has 644 valence electrons. The molecule has 6 N–H and O–H groups in total. The summed E-state index contributed by atoms with van der Waals surface area (Å²) >= 11 is 0. The Bertz CT molecular complexity index is 3550. The van der Waals surface area contributed by atoms with Crippen molar-refractivity contribution in [2.24, 2.45) is 35.5 Å². The van der Waals surface area contributed by atoms with E-state index in [9.17, 15) is 33.9 Å². The number of nitrogens with zero attached hydrogens (tertiary/aromatic N) is 9. The second-order valence-electron chi connectivity index (χ2n) is 34.2. The number of hydrogen-bond acceptors (Lipinski definition) is 15. The zero-order valence-electron chi connectivity index (χ0n) is 73.0. The fourth-order valence-electron chi connectivity index (χ4n) is 14.7. The van der Waals surface area contributed by atoms with Crippen molar-refractivity contribution in [1.29, 1.82) is 0 Å². The molecule has 29 nitrogen and oxygen atoms in total. The summed E-state index contributed by atoms with van der Waals surface area (Å²) in [5.41, 5.74) is 1.28. The van der Waals surface area contributed by atoms with E-state index >= 15 is 38.4 Å². The molecule has 29 heteroatoms. The van der Waals surface area contributed by atoms with Gasteiger partial charge < -0.3 is 75.8 Å². The molecule has 2 aromatic rings. The Morgan fingerprint density at radius 3 is 1.37 bits per heavy atom. The van der Waals surface area contributed by atoms with Gasteiger partial charge in [0.05, 0.1) is 19.1 Å². The Labute approximate surface area is 684 Å². The summed E-state index contributed by atoms with van der Waals surface area (Å²) in [5.74, 6) is -11.1. The quantitative estimate of drug-likeness (QED) is 0.0908. The van der Waals surface area contributed by atoms with Crippen LogP contribution in [0.1, 0.15) is 198 Å². The Morgan fingerprint density at radius 2 is 0.887 bits per heavy atom. The third kappa shape index (κ3) is 29.6. The predicted molar refractivity (Wildman–Crippen MR) is 442 cm³/mol. The van der Waals surface area contributed by atoms with E-state index in [0.29, 0.717) is 56.3 Å². The third-order valence-corrected chi connectivity index (χ3v) is 22.0. The van der Waals surface area contributed by atoms with Crippen molar-refractivity contribution in [3.05, 3.63) is 71.8 Å². The minimum atomic E-state index is -1.66. The molecule has 2 aromatic carbocycles. The molecule has 0 bridgehead atoms. The van der Waals surface area contributed by atoms with Crippen LogP contribution in [-0.4, -0.2) is 287 Å². The Hall–Kier alpha value is -9.02. The van der Waals surface area contributed by atoms with Crippen LogP contribution in [0.5, 0.6) is 0 Å². The van der Waals surface area contributed by atoms with Gasteiger partial charge in [-0.2, -0.15) is 0 Å². The van der Waals surface area contributed by atoms with E-state index in [2.05, 4.69) is 26.6 Å². The predicted octanol–water partition coefficient (Wildman–Crippen LogP) is 5.43. The van der Waals surface area contributed by atoms with Crippen molar-refractivity contribution in [2.45, 2.75) is 273 Å². The van der Waals surface area contributed by atoms with E-state index in [0.717, 1.165) is 11.3 Å². The van der Waals surface area contributed by atoms with Crippen molar-refractivity contribution in [2.75, 3.05) is 82.1 Å². The Balaban J connectivity index is 1.98. The first-order chi connectivity index (χ1) is 54.0. The number of aliphatic hydroxyl groups is 1. The topological polar surface area (TPSA) is 349 Å². The number of nitrogens with one attached hydrogen (secondary N) is 5. The van der Waals surface area contributed by atoms with Crippen LogP contribution < -0.4 is 26.6 Å². The zero-order valence-corrected chi connectivity index (χ0v) is 73.0. The van der Waals surface area contributed by atoms with Gasteiger partial charge in [0, 0.05) is 94.8 Å². The SMILES string of the molecule is CCCCN1C(=O)[C@H](C)NC(=O)[C@H](Cc2ccccc2)N(C)C(=O)[C@H](Cc2ccccc2)NC(=O)[C@H](CC(C)C)N(C)C(=O)[C@H]([C@@H](C)CC)NC(=O)[C@H](CC(C)C)N(C)C(=O)[C@H](CC(C)C)N(C)C(=O)CN(C)C(=O)[C@H]([C@@H](C)O)NC(=O)[C@H](CC(C)C)N(C)C(=O)[C@H](CC(C)C)NC(=O)CCN(C)C(=O)C[C@H]1C(=O)N1CCCCC1. The fraction of sp³-hybridized carbons (Fsp3) is 0.698. The lowest BCUT2D eigenvalue weighted by Crippen LogP contribution is -2.62. The summed E-state index contributed by atoms with van der Waals surface area (Å²) in [6.45, 7) is 26.7.